The Hall–Kier alpha value is -2.56. The molecule has 2 aromatic rings. The van der Waals surface area contributed by atoms with Gasteiger partial charge in [-0.1, -0.05) is 30.3 Å². The summed E-state index contributed by atoms with van der Waals surface area (Å²) in [6, 6.07) is 11.3. The fraction of sp³-hybridized carbons (Fsp3) is 0.0769. The Morgan fingerprint density at radius 1 is 1.22 bits per heavy atom. The highest BCUT2D eigenvalue weighted by Gasteiger charge is 2.14. The lowest BCUT2D eigenvalue weighted by molar-refractivity contribution is 0.876. The third-order valence-electron chi connectivity index (χ3n) is 2.82. The van der Waals surface area contributed by atoms with Gasteiger partial charge in [0.1, 0.15) is 0 Å². The molecule has 5 nitrogen and oxygen atoms in total. The zero-order valence-corrected chi connectivity index (χ0v) is 9.84. The molecule has 0 atom stereocenters. The Kier molecular flexibility index (Phi) is 2.37. The number of aromatic nitrogens is 2. The lowest BCUT2D eigenvalue weighted by Crippen LogP contribution is -2.28. The first-order valence-electron chi connectivity index (χ1n) is 5.64. The Balaban J connectivity index is 2.31. The first kappa shape index (κ1) is 10.6. The number of rotatable bonds is 1. The number of anilines is 1. The van der Waals surface area contributed by atoms with Crippen LogP contribution in [0.5, 0.6) is 0 Å². The van der Waals surface area contributed by atoms with Crippen LogP contribution in [0.2, 0.25) is 0 Å². The number of hydrogen-bond acceptors (Lipinski definition) is 4. The van der Waals surface area contributed by atoms with Gasteiger partial charge in [0.25, 0.3) is 5.56 Å². The zero-order chi connectivity index (χ0) is 12.5. The molecule has 2 heterocycles. The molecule has 0 amide bonds. The number of hydrogen-bond donors (Lipinski definition) is 2. The van der Waals surface area contributed by atoms with Gasteiger partial charge < -0.3 is 5.43 Å². The Bertz CT molecular complexity index is 673. The molecule has 5 heteroatoms. The predicted octanol–water partition coefficient (Wildman–Crippen LogP) is 1.66. The quantitative estimate of drug-likeness (QED) is 0.796. The van der Waals surface area contributed by atoms with Gasteiger partial charge >= 0.3 is 0 Å². The predicted molar refractivity (Wildman–Crippen MR) is 70.6 cm³/mol. The first-order chi connectivity index (χ1) is 8.75. The summed E-state index contributed by atoms with van der Waals surface area (Å²) in [5, 5.41) is 0. The SMILES string of the molecule is CC1=CNNc2nc(=O)cc(-c3ccccc3)n21. The van der Waals surface area contributed by atoms with E-state index in [2.05, 4.69) is 15.8 Å². The maximum atomic E-state index is 11.6. The van der Waals surface area contributed by atoms with Gasteiger partial charge in [-0.3, -0.25) is 14.8 Å². The van der Waals surface area contributed by atoms with Crippen molar-refractivity contribution < 1.29 is 0 Å². The number of allylic oxidation sites excluding steroid dienone is 1. The minimum Gasteiger partial charge on any atom is -0.304 e. The van der Waals surface area contributed by atoms with Crippen LogP contribution in [-0.4, -0.2) is 9.55 Å². The molecule has 1 aromatic heterocycles. The van der Waals surface area contributed by atoms with Crippen LogP contribution in [0.1, 0.15) is 6.92 Å². The molecule has 90 valence electrons. The zero-order valence-electron chi connectivity index (χ0n) is 9.84. The molecule has 2 N–H and O–H groups in total. The smallest absolute Gasteiger partial charge is 0.275 e. The van der Waals surface area contributed by atoms with Gasteiger partial charge in [0.05, 0.1) is 5.69 Å². The average Bonchev–Trinajstić information content (AvgIpc) is 2.39. The average molecular weight is 240 g/mol. The molecule has 3 rings (SSSR count). The molecule has 0 saturated carbocycles. The number of nitrogens with zero attached hydrogens (tertiary/aromatic N) is 2. The van der Waals surface area contributed by atoms with Gasteiger partial charge in [0, 0.05) is 18.0 Å². The summed E-state index contributed by atoms with van der Waals surface area (Å²) >= 11 is 0. The number of nitrogens with one attached hydrogen (secondary N) is 2. The Labute approximate surface area is 104 Å². The summed E-state index contributed by atoms with van der Waals surface area (Å²) in [6.07, 6.45) is 1.82. The van der Waals surface area contributed by atoms with E-state index in [1.807, 2.05) is 48.0 Å². The summed E-state index contributed by atoms with van der Waals surface area (Å²) in [6.45, 7) is 1.95. The standard InChI is InChI=1S/C13H12N4O/c1-9-8-14-16-13-15-12(18)7-11(17(9)13)10-5-3-2-4-6-10/h2-8,14H,1H3,(H,15,16,18). The maximum absolute atomic E-state index is 11.6. The third kappa shape index (κ3) is 1.66. The summed E-state index contributed by atoms with van der Waals surface area (Å²) in [5.41, 5.74) is 8.25. The second kappa shape index (κ2) is 4.03. The lowest BCUT2D eigenvalue weighted by atomic mass is 10.1. The highest BCUT2D eigenvalue weighted by atomic mass is 16.1. The van der Waals surface area contributed by atoms with Gasteiger partial charge in [0.2, 0.25) is 5.95 Å². The van der Waals surface area contributed by atoms with Crippen LogP contribution in [0.4, 0.5) is 5.95 Å². The van der Waals surface area contributed by atoms with Crippen molar-refractivity contribution in [2.75, 3.05) is 5.43 Å². The van der Waals surface area contributed by atoms with Crippen molar-refractivity contribution in [2.45, 2.75) is 6.92 Å². The lowest BCUT2D eigenvalue weighted by Gasteiger charge is -2.22. The second-order valence-electron chi connectivity index (χ2n) is 4.06. The second-order valence-corrected chi connectivity index (χ2v) is 4.06. The van der Waals surface area contributed by atoms with E-state index in [-0.39, 0.29) is 5.56 Å². The largest absolute Gasteiger partial charge is 0.304 e. The molecule has 0 spiro atoms. The van der Waals surface area contributed by atoms with Crippen LogP contribution in [0.15, 0.2) is 47.4 Å². The van der Waals surface area contributed by atoms with E-state index in [0.717, 1.165) is 17.0 Å². The fourth-order valence-corrected chi connectivity index (χ4v) is 2.01. The van der Waals surface area contributed by atoms with Crippen molar-refractivity contribution in [3.8, 4) is 11.3 Å². The molecular formula is C13H12N4O. The Morgan fingerprint density at radius 2 is 2.00 bits per heavy atom. The first-order valence-corrected chi connectivity index (χ1v) is 5.64. The molecule has 0 bridgehead atoms. The molecule has 18 heavy (non-hydrogen) atoms. The van der Waals surface area contributed by atoms with Gasteiger partial charge in [-0.2, -0.15) is 4.98 Å². The minimum absolute atomic E-state index is 0.260. The maximum Gasteiger partial charge on any atom is 0.275 e. The van der Waals surface area contributed by atoms with E-state index in [4.69, 9.17) is 0 Å². The molecule has 0 unspecified atom stereocenters. The van der Waals surface area contributed by atoms with Crippen molar-refractivity contribution in [2.24, 2.45) is 0 Å². The monoisotopic (exact) mass is 240 g/mol. The topological polar surface area (TPSA) is 59.0 Å². The molecule has 0 aliphatic carbocycles. The van der Waals surface area contributed by atoms with Crippen molar-refractivity contribution in [3.05, 3.63) is 53.0 Å². The fourth-order valence-electron chi connectivity index (χ4n) is 2.01. The normalized spacial score (nSPS) is 13.1. The van der Waals surface area contributed by atoms with Gasteiger partial charge in [-0.25, -0.2) is 0 Å². The van der Waals surface area contributed by atoms with E-state index in [9.17, 15) is 4.79 Å². The summed E-state index contributed by atoms with van der Waals surface area (Å²) in [7, 11) is 0. The summed E-state index contributed by atoms with van der Waals surface area (Å²) in [4.78, 5) is 15.6. The van der Waals surface area contributed by atoms with Gasteiger partial charge in [-0.05, 0) is 12.5 Å². The van der Waals surface area contributed by atoms with E-state index in [1.54, 1.807) is 6.07 Å². The van der Waals surface area contributed by atoms with Gasteiger partial charge in [0.15, 0.2) is 0 Å². The van der Waals surface area contributed by atoms with Crippen LogP contribution in [0, 0.1) is 0 Å². The molecule has 0 radical (unpaired) electrons. The van der Waals surface area contributed by atoms with Crippen molar-refractivity contribution in [1.29, 1.82) is 0 Å². The molecular weight excluding hydrogens is 228 g/mol. The molecule has 1 aromatic carbocycles. The molecule has 1 aliphatic rings. The Morgan fingerprint density at radius 3 is 2.78 bits per heavy atom. The van der Waals surface area contributed by atoms with Crippen LogP contribution >= 0.6 is 0 Å². The van der Waals surface area contributed by atoms with Crippen LogP contribution in [0.25, 0.3) is 17.0 Å². The van der Waals surface area contributed by atoms with Crippen LogP contribution in [-0.2, 0) is 0 Å². The summed E-state index contributed by atoms with van der Waals surface area (Å²) < 4.78 is 1.91. The van der Waals surface area contributed by atoms with Crippen molar-refractivity contribution >= 4 is 11.6 Å². The summed E-state index contributed by atoms with van der Waals surface area (Å²) in [5.74, 6) is 0.501. The van der Waals surface area contributed by atoms with E-state index in [1.165, 1.54) is 0 Å². The van der Waals surface area contributed by atoms with E-state index >= 15 is 0 Å². The molecule has 0 saturated heterocycles. The number of benzene rings is 1. The van der Waals surface area contributed by atoms with Crippen LogP contribution in [0.3, 0.4) is 0 Å². The molecule has 0 fully saturated rings. The van der Waals surface area contributed by atoms with Crippen molar-refractivity contribution in [3.63, 3.8) is 0 Å². The molecule has 1 aliphatic heterocycles. The van der Waals surface area contributed by atoms with Crippen LogP contribution < -0.4 is 16.4 Å². The van der Waals surface area contributed by atoms with Crippen molar-refractivity contribution in [1.82, 2.24) is 15.0 Å². The highest BCUT2D eigenvalue weighted by molar-refractivity contribution is 5.68. The number of hydrazine groups is 1. The highest BCUT2D eigenvalue weighted by Crippen LogP contribution is 2.24. The van der Waals surface area contributed by atoms with E-state index in [0.29, 0.717) is 5.95 Å². The third-order valence-corrected chi connectivity index (χ3v) is 2.82. The van der Waals surface area contributed by atoms with Gasteiger partial charge in [-0.15, -0.1) is 0 Å². The minimum atomic E-state index is -0.260. The number of fused-ring (bicyclic) bond motifs is 1. The van der Waals surface area contributed by atoms with E-state index < -0.39 is 0 Å².